The van der Waals surface area contributed by atoms with E-state index >= 15 is 0 Å². The Hall–Kier alpha value is -2.63. The number of nitrogens with zero attached hydrogens (tertiary/aromatic N) is 3. The first kappa shape index (κ1) is 15.3. The van der Waals surface area contributed by atoms with Gasteiger partial charge < -0.3 is 4.74 Å². The third-order valence-electron chi connectivity index (χ3n) is 3.60. The summed E-state index contributed by atoms with van der Waals surface area (Å²) in [7, 11) is 0. The highest BCUT2D eigenvalue weighted by atomic mass is 16.6. The second-order valence-electron chi connectivity index (χ2n) is 6.49. The summed E-state index contributed by atoms with van der Waals surface area (Å²) in [5.41, 5.74) is 2.73. The number of anilines is 1. The number of ether oxygens (including phenoxy) is 1. The first-order valence-electron chi connectivity index (χ1n) is 7.52. The van der Waals surface area contributed by atoms with E-state index in [4.69, 9.17) is 4.74 Å². The molecule has 0 radical (unpaired) electrons. The summed E-state index contributed by atoms with van der Waals surface area (Å²) in [5.74, 6) is 0. The van der Waals surface area contributed by atoms with Gasteiger partial charge in [-0.15, -0.1) is 0 Å². The van der Waals surface area contributed by atoms with Crippen molar-refractivity contribution in [3.8, 4) is 5.69 Å². The van der Waals surface area contributed by atoms with Crippen molar-refractivity contribution >= 4 is 18.1 Å². The van der Waals surface area contributed by atoms with Crippen LogP contribution in [-0.2, 0) is 11.2 Å². The molecule has 0 aliphatic carbocycles. The number of rotatable bonds is 2. The molecule has 1 aromatic heterocycles. The molecule has 6 nitrogen and oxygen atoms in total. The van der Waals surface area contributed by atoms with Gasteiger partial charge in [0.2, 0.25) is 0 Å². The van der Waals surface area contributed by atoms with Crippen molar-refractivity contribution in [2.75, 3.05) is 11.4 Å². The van der Waals surface area contributed by atoms with Gasteiger partial charge in [-0.1, -0.05) is 6.07 Å². The summed E-state index contributed by atoms with van der Waals surface area (Å²) in [6.07, 6.45) is 4.34. The van der Waals surface area contributed by atoms with Gasteiger partial charge in [-0.25, -0.2) is 9.48 Å². The summed E-state index contributed by atoms with van der Waals surface area (Å²) in [5, 5.41) is 4.21. The quantitative estimate of drug-likeness (QED) is 0.800. The molecule has 1 aliphatic heterocycles. The Labute approximate surface area is 134 Å². The van der Waals surface area contributed by atoms with E-state index in [1.807, 2.05) is 39.0 Å². The van der Waals surface area contributed by atoms with Crippen molar-refractivity contribution in [3.05, 3.63) is 41.7 Å². The number of carbonyl (C=O) groups is 2. The van der Waals surface area contributed by atoms with Crippen LogP contribution in [0, 0.1) is 0 Å². The lowest BCUT2D eigenvalue weighted by molar-refractivity contribution is 0.0584. The molecule has 0 saturated heterocycles. The molecule has 120 valence electrons. The van der Waals surface area contributed by atoms with E-state index in [1.54, 1.807) is 15.8 Å². The van der Waals surface area contributed by atoms with E-state index in [2.05, 4.69) is 5.10 Å². The highest BCUT2D eigenvalue weighted by molar-refractivity contribution is 5.91. The average Bonchev–Trinajstić information content (AvgIpc) is 3.11. The first-order valence-corrected chi connectivity index (χ1v) is 7.52. The van der Waals surface area contributed by atoms with Gasteiger partial charge in [0.05, 0.1) is 23.1 Å². The third-order valence-corrected chi connectivity index (χ3v) is 3.60. The van der Waals surface area contributed by atoms with E-state index < -0.39 is 5.60 Å². The summed E-state index contributed by atoms with van der Waals surface area (Å²) in [6, 6.07) is 5.71. The van der Waals surface area contributed by atoms with Crippen molar-refractivity contribution in [2.45, 2.75) is 32.8 Å². The minimum atomic E-state index is -0.529. The molecule has 0 fully saturated rings. The second kappa shape index (κ2) is 5.53. The molecule has 0 N–H and O–H groups in total. The predicted octanol–water partition coefficient (Wildman–Crippen LogP) is 2.98. The molecule has 1 aromatic carbocycles. The van der Waals surface area contributed by atoms with Crippen molar-refractivity contribution in [1.82, 2.24) is 9.78 Å². The molecular weight excluding hydrogens is 294 g/mol. The fourth-order valence-electron chi connectivity index (χ4n) is 2.67. The number of aldehydes is 1. The Kier molecular flexibility index (Phi) is 3.67. The zero-order chi connectivity index (χ0) is 16.6. The SMILES string of the molecule is CC(C)(C)OC(=O)N1CCc2c1cccc2-n1cc(C=O)cn1. The van der Waals surface area contributed by atoms with Gasteiger partial charge in [0.25, 0.3) is 0 Å². The summed E-state index contributed by atoms with van der Waals surface area (Å²) in [6.45, 7) is 6.12. The van der Waals surface area contributed by atoms with Crippen LogP contribution in [0.15, 0.2) is 30.6 Å². The normalized spacial score (nSPS) is 13.8. The van der Waals surface area contributed by atoms with Gasteiger partial charge in [-0.2, -0.15) is 5.10 Å². The maximum absolute atomic E-state index is 12.4. The van der Waals surface area contributed by atoms with Crippen LogP contribution in [-0.4, -0.2) is 34.3 Å². The Bertz CT molecular complexity index is 759. The Morgan fingerprint density at radius 1 is 1.30 bits per heavy atom. The topological polar surface area (TPSA) is 64.4 Å². The van der Waals surface area contributed by atoms with Crippen molar-refractivity contribution in [2.24, 2.45) is 0 Å². The third kappa shape index (κ3) is 2.97. The Morgan fingerprint density at radius 2 is 2.04 bits per heavy atom. The average molecular weight is 313 g/mol. The van der Waals surface area contributed by atoms with E-state index in [9.17, 15) is 9.59 Å². The van der Waals surface area contributed by atoms with Gasteiger partial charge in [0.15, 0.2) is 6.29 Å². The molecule has 6 heteroatoms. The van der Waals surface area contributed by atoms with Crippen LogP contribution in [0.2, 0.25) is 0 Å². The molecule has 0 saturated carbocycles. The van der Waals surface area contributed by atoms with Crippen LogP contribution < -0.4 is 4.90 Å². The molecule has 1 aliphatic rings. The summed E-state index contributed by atoms with van der Waals surface area (Å²) in [4.78, 5) is 24.8. The van der Waals surface area contributed by atoms with Crippen molar-refractivity contribution in [3.63, 3.8) is 0 Å². The zero-order valence-electron chi connectivity index (χ0n) is 13.4. The lowest BCUT2D eigenvalue weighted by Crippen LogP contribution is -2.35. The van der Waals surface area contributed by atoms with Gasteiger partial charge in [-0.05, 0) is 39.3 Å². The predicted molar refractivity (Wildman–Crippen MR) is 86.2 cm³/mol. The number of benzene rings is 1. The molecule has 0 spiro atoms. The molecule has 0 atom stereocenters. The van der Waals surface area contributed by atoms with Gasteiger partial charge in [0, 0.05) is 18.3 Å². The van der Waals surface area contributed by atoms with Gasteiger partial charge >= 0.3 is 6.09 Å². The van der Waals surface area contributed by atoms with E-state index in [1.165, 1.54) is 6.20 Å². The van der Waals surface area contributed by atoms with Crippen molar-refractivity contribution < 1.29 is 14.3 Å². The molecule has 2 aromatic rings. The van der Waals surface area contributed by atoms with Crippen LogP contribution in [0.1, 0.15) is 36.7 Å². The fourth-order valence-corrected chi connectivity index (χ4v) is 2.67. The fraction of sp³-hybridized carbons (Fsp3) is 0.353. The molecule has 23 heavy (non-hydrogen) atoms. The van der Waals surface area contributed by atoms with Crippen LogP contribution in [0.3, 0.4) is 0 Å². The molecular formula is C17H19N3O3. The number of aromatic nitrogens is 2. The van der Waals surface area contributed by atoms with E-state index in [0.717, 1.165) is 29.6 Å². The number of carbonyl (C=O) groups excluding carboxylic acids is 2. The number of hydrogen-bond acceptors (Lipinski definition) is 4. The molecule has 2 heterocycles. The standard InChI is InChI=1S/C17H19N3O3/c1-17(2,3)23-16(22)19-8-7-13-14(19)5-4-6-15(13)20-10-12(11-21)9-18-20/h4-6,9-11H,7-8H2,1-3H3. The number of amides is 1. The van der Waals surface area contributed by atoms with Gasteiger partial charge in [0.1, 0.15) is 5.60 Å². The summed E-state index contributed by atoms with van der Waals surface area (Å²) < 4.78 is 7.13. The molecule has 1 amide bonds. The Morgan fingerprint density at radius 3 is 2.70 bits per heavy atom. The maximum Gasteiger partial charge on any atom is 0.414 e. The lowest BCUT2D eigenvalue weighted by atomic mass is 10.1. The van der Waals surface area contributed by atoms with Crippen LogP contribution >= 0.6 is 0 Å². The highest BCUT2D eigenvalue weighted by Gasteiger charge is 2.30. The van der Waals surface area contributed by atoms with Crippen molar-refractivity contribution in [1.29, 1.82) is 0 Å². The minimum Gasteiger partial charge on any atom is -0.443 e. The smallest absolute Gasteiger partial charge is 0.414 e. The monoisotopic (exact) mass is 313 g/mol. The number of fused-ring (bicyclic) bond motifs is 1. The second-order valence-corrected chi connectivity index (χ2v) is 6.49. The van der Waals surface area contributed by atoms with E-state index in [-0.39, 0.29) is 6.09 Å². The zero-order valence-corrected chi connectivity index (χ0v) is 13.4. The Balaban J connectivity index is 1.94. The number of hydrogen-bond donors (Lipinski definition) is 0. The van der Waals surface area contributed by atoms with Crippen LogP contribution in [0.25, 0.3) is 5.69 Å². The van der Waals surface area contributed by atoms with Gasteiger partial charge in [-0.3, -0.25) is 9.69 Å². The summed E-state index contributed by atoms with van der Waals surface area (Å²) >= 11 is 0. The molecule has 0 bridgehead atoms. The molecule has 0 unspecified atom stereocenters. The highest BCUT2D eigenvalue weighted by Crippen LogP contribution is 2.33. The van der Waals surface area contributed by atoms with E-state index in [0.29, 0.717) is 12.1 Å². The maximum atomic E-state index is 12.4. The largest absolute Gasteiger partial charge is 0.443 e. The minimum absolute atomic E-state index is 0.345. The first-order chi connectivity index (χ1) is 10.9. The lowest BCUT2D eigenvalue weighted by Gasteiger charge is -2.24. The molecule has 3 rings (SSSR count). The van der Waals surface area contributed by atoms with Crippen LogP contribution in [0.5, 0.6) is 0 Å². The van der Waals surface area contributed by atoms with Crippen LogP contribution in [0.4, 0.5) is 10.5 Å².